The lowest BCUT2D eigenvalue weighted by molar-refractivity contribution is -0.136. The number of hydrogen-bond acceptors (Lipinski definition) is 4. The Morgan fingerprint density at radius 3 is 2.58 bits per heavy atom. The molecule has 6 atom stereocenters. The van der Waals surface area contributed by atoms with Crippen LogP contribution >= 0.6 is 0 Å². The van der Waals surface area contributed by atoms with E-state index in [-0.39, 0.29) is 29.5 Å². The number of piperidine rings is 1. The number of carbonyl (C=O) groups is 2. The van der Waals surface area contributed by atoms with Crippen LogP contribution in [0.1, 0.15) is 90.0 Å². The molecule has 4 heteroatoms. The predicted molar refractivity (Wildman–Crippen MR) is 160 cm³/mol. The quantitative estimate of drug-likeness (QED) is 0.376. The maximum Gasteiger partial charge on any atom is 0.176 e. The van der Waals surface area contributed by atoms with Crippen molar-refractivity contribution in [2.75, 3.05) is 31.7 Å². The normalized spacial score (nSPS) is 35.2. The van der Waals surface area contributed by atoms with E-state index in [1.807, 2.05) is 13.0 Å². The number of ether oxygens (including phenoxy) is 1. The molecule has 6 rings (SSSR count). The summed E-state index contributed by atoms with van der Waals surface area (Å²) in [4.78, 5) is 28.9. The first-order chi connectivity index (χ1) is 19.3. The van der Waals surface area contributed by atoms with Gasteiger partial charge in [0.1, 0.15) is 6.61 Å². The van der Waals surface area contributed by atoms with E-state index in [0.717, 1.165) is 45.2 Å². The predicted octanol–water partition coefficient (Wildman–Crippen LogP) is 7.05. The van der Waals surface area contributed by atoms with Crippen molar-refractivity contribution in [3.05, 3.63) is 52.6 Å². The van der Waals surface area contributed by atoms with Crippen molar-refractivity contribution in [3.63, 3.8) is 0 Å². The van der Waals surface area contributed by atoms with Gasteiger partial charge in [0.25, 0.3) is 0 Å². The van der Waals surface area contributed by atoms with Gasteiger partial charge in [-0.15, -0.1) is 5.92 Å². The summed E-state index contributed by atoms with van der Waals surface area (Å²) >= 11 is 0. The second-order valence-electron chi connectivity index (χ2n) is 13.3. The zero-order valence-electron chi connectivity index (χ0n) is 24.9. The second-order valence-corrected chi connectivity index (χ2v) is 13.3. The third-order valence-electron chi connectivity index (χ3n) is 11.4. The van der Waals surface area contributed by atoms with E-state index in [0.29, 0.717) is 24.2 Å². The number of anilines is 1. The second kappa shape index (κ2) is 10.6. The Bertz CT molecular complexity index is 1300. The average Bonchev–Trinajstić information content (AvgIpc) is 3.26. The SMILES string of the molecule is CC#C[C@]1(C(=O)COC)CC[C@H]2[C@@H]3CC(C)C4=CC(=O)CCC4=C3C(c3ccc(N4CCCCC4)cc3)C[C@@]21C. The summed E-state index contributed by atoms with van der Waals surface area (Å²) in [7, 11) is 1.62. The monoisotopic (exact) mass is 539 g/mol. The molecule has 5 aliphatic rings. The van der Waals surface area contributed by atoms with E-state index >= 15 is 0 Å². The number of nitrogens with zero attached hydrogens (tertiary/aromatic N) is 1. The number of carbonyl (C=O) groups excluding carboxylic acids is 2. The molecule has 212 valence electrons. The van der Waals surface area contributed by atoms with Gasteiger partial charge >= 0.3 is 0 Å². The standard InChI is InChI=1S/C36H45NO3/c1-5-16-36(33(39)23-40-4)17-15-32-30-20-24(2)29-21-27(38)13-14-28(29)34(30)31(22-35(32,36)3)25-9-11-26(12-10-25)37-18-7-6-8-19-37/h9-12,21,24,30-32H,6-8,13-15,17-20,22-23H2,1-4H3/t24?,30-,31?,32-,35-,36+/m0/s1. The first-order valence-corrected chi connectivity index (χ1v) is 15.6. The molecule has 4 aliphatic carbocycles. The Hall–Kier alpha value is -2.64. The number of methoxy groups -OCH3 is 1. The van der Waals surface area contributed by atoms with Gasteiger partial charge in [-0.05, 0) is 116 Å². The Labute approximate surface area is 240 Å². The Morgan fingerprint density at radius 1 is 1.12 bits per heavy atom. The minimum absolute atomic E-state index is 0.121. The van der Waals surface area contributed by atoms with Crippen molar-refractivity contribution in [3.8, 4) is 11.8 Å². The fraction of sp³-hybridized carbons (Fsp3) is 0.611. The van der Waals surface area contributed by atoms with Crippen molar-refractivity contribution in [2.45, 2.75) is 84.5 Å². The van der Waals surface area contributed by atoms with Crippen LogP contribution in [0.4, 0.5) is 5.69 Å². The van der Waals surface area contributed by atoms with Gasteiger partial charge in [-0.25, -0.2) is 0 Å². The first-order valence-electron chi connectivity index (χ1n) is 15.6. The number of ketones is 2. The summed E-state index contributed by atoms with van der Waals surface area (Å²) < 4.78 is 5.43. The average molecular weight is 540 g/mol. The van der Waals surface area contributed by atoms with Crippen molar-refractivity contribution >= 4 is 17.3 Å². The van der Waals surface area contributed by atoms with E-state index in [4.69, 9.17) is 4.74 Å². The van der Waals surface area contributed by atoms with E-state index in [2.05, 4.69) is 54.9 Å². The largest absolute Gasteiger partial charge is 0.377 e. The molecule has 3 fully saturated rings. The molecule has 40 heavy (non-hydrogen) atoms. The summed E-state index contributed by atoms with van der Waals surface area (Å²) in [6.45, 7) is 8.96. The molecule has 4 nitrogen and oxygen atoms in total. The van der Waals surface area contributed by atoms with Crippen molar-refractivity contribution in [1.82, 2.24) is 0 Å². The molecule has 1 aromatic carbocycles. The summed E-state index contributed by atoms with van der Waals surface area (Å²) in [6.07, 6.45) is 11.1. The molecular weight excluding hydrogens is 494 g/mol. The Balaban J connectivity index is 1.49. The van der Waals surface area contributed by atoms with Crippen molar-refractivity contribution < 1.29 is 14.3 Å². The lowest BCUT2D eigenvalue weighted by atomic mass is 9.47. The van der Waals surface area contributed by atoms with E-state index in [9.17, 15) is 9.59 Å². The van der Waals surface area contributed by atoms with Gasteiger partial charge in [-0.2, -0.15) is 0 Å². The highest BCUT2D eigenvalue weighted by Crippen LogP contribution is 2.70. The lowest BCUT2D eigenvalue weighted by Crippen LogP contribution is -2.51. The molecular formula is C36H45NO3. The highest BCUT2D eigenvalue weighted by Gasteiger charge is 2.65. The van der Waals surface area contributed by atoms with Gasteiger partial charge in [0.05, 0.1) is 5.41 Å². The minimum atomic E-state index is -0.674. The molecule has 1 heterocycles. The van der Waals surface area contributed by atoms with Gasteiger partial charge in [-0.1, -0.05) is 37.5 Å². The van der Waals surface area contributed by atoms with Crippen LogP contribution < -0.4 is 4.90 Å². The third-order valence-corrected chi connectivity index (χ3v) is 11.4. The number of allylic oxidation sites excluding steroid dienone is 4. The summed E-state index contributed by atoms with van der Waals surface area (Å²) in [5.41, 5.74) is 6.08. The molecule has 0 radical (unpaired) electrons. The zero-order chi connectivity index (χ0) is 28.1. The van der Waals surface area contributed by atoms with E-state index < -0.39 is 5.41 Å². The highest BCUT2D eigenvalue weighted by molar-refractivity contribution is 5.93. The van der Waals surface area contributed by atoms with Gasteiger partial charge in [-0.3, -0.25) is 9.59 Å². The van der Waals surface area contributed by atoms with Crippen LogP contribution in [0.3, 0.4) is 0 Å². The van der Waals surface area contributed by atoms with Gasteiger partial charge < -0.3 is 9.64 Å². The van der Waals surface area contributed by atoms with Crippen LogP contribution in [-0.2, 0) is 14.3 Å². The lowest BCUT2D eigenvalue weighted by Gasteiger charge is -2.55. The maximum absolute atomic E-state index is 13.9. The summed E-state index contributed by atoms with van der Waals surface area (Å²) in [5.74, 6) is 8.54. The van der Waals surface area contributed by atoms with Gasteiger partial charge in [0, 0.05) is 38.2 Å². The molecule has 1 saturated heterocycles. The van der Waals surface area contributed by atoms with Crippen LogP contribution in [-0.4, -0.2) is 38.4 Å². The van der Waals surface area contributed by atoms with Crippen LogP contribution in [0.2, 0.25) is 0 Å². The number of Topliss-reactive ketones (excluding diaryl/α,β-unsaturated/α-hetero) is 1. The molecule has 2 unspecified atom stereocenters. The molecule has 0 spiro atoms. The molecule has 2 saturated carbocycles. The van der Waals surface area contributed by atoms with Crippen molar-refractivity contribution in [2.24, 2.45) is 28.6 Å². The van der Waals surface area contributed by atoms with E-state index in [1.165, 1.54) is 41.7 Å². The number of rotatable bonds is 5. The van der Waals surface area contributed by atoms with Crippen molar-refractivity contribution in [1.29, 1.82) is 0 Å². The maximum atomic E-state index is 13.9. The van der Waals surface area contributed by atoms with Gasteiger partial charge in [0.2, 0.25) is 0 Å². The molecule has 0 amide bonds. The Morgan fingerprint density at radius 2 is 1.88 bits per heavy atom. The molecule has 1 aliphatic heterocycles. The van der Waals surface area contributed by atoms with Gasteiger partial charge in [0.15, 0.2) is 11.6 Å². The summed E-state index contributed by atoms with van der Waals surface area (Å²) in [5, 5.41) is 0. The zero-order valence-corrected chi connectivity index (χ0v) is 24.9. The Kier molecular flexibility index (Phi) is 7.32. The summed E-state index contributed by atoms with van der Waals surface area (Å²) in [6, 6.07) is 9.37. The van der Waals surface area contributed by atoms with Crippen LogP contribution in [0, 0.1) is 40.4 Å². The number of hydrogen-bond donors (Lipinski definition) is 0. The minimum Gasteiger partial charge on any atom is -0.377 e. The van der Waals surface area contributed by atoms with Crippen LogP contribution in [0.25, 0.3) is 0 Å². The van der Waals surface area contributed by atoms with Crippen LogP contribution in [0.15, 0.2) is 47.1 Å². The fourth-order valence-corrected chi connectivity index (χ4v) is 9.55. The fourth-order valence-electron chi connectivity index (χ4n) is 9.55. The van der Waals surface area contributed by atoms with E-state index in [1.54, 1.807) is 12.7 Å². The highest BCUT2D eigenvalue weighted by atomic mass is 16.5. The molecule has 0 N–H and O–H groups in total. The molecule has 0 aromatic heterocycles. The molecule has 0 bridgehead atoms. The molecule has 1 aromatic rings. The number of fused-ring (bicyclic) bond motifs is 4. The number of benzene rings is 1. The topological polar surface area (TPSA) is 46.6 Å². The first kappa shape index (κ1) is 27.5. The third kappa shape index (κ3) is 4.23. The smallest absolute Gasteiger partial charge is 0.176 e. The van der Waals surface area contributed by atoms with Crippen LogP contribution in [0.5, 0.6) is 0 Å².